The Morgan fingerprint density at radius 1 is 1.22 bits per heavy atom. The van der Waals surface area contributed by atoms with E-state index in [4.69, 9.17) is 9.52 Å². The van der Waals surface area contributed by atoms with Gasteiger partial charge in [-0.3, -0.25) is 14.5 Å². The van der Waals surface area contributed by atoms with Crippen molar-refractivity contribution in [1.82, 2.24) is 14.9 Å². The average molecular weight is 608 g/mol. The summed E-state index contributed by atoms with van der Waals surface area (Å²) >= 11 is -1.51. The molecule has 0 fully saturated rings. The molecule has 41 heavy (non-hydrogen) atoms. The summed E-state index contributed by atoms with van der Waals surface area (Å²) in [7, 11) is 5.02. The molecule has 0 spiro atoms. The number of amidine groups is 1. The lowest BCUT2D eigenvalue weighted by Gasteiger charge is -2.17. The van der Waals surface area contributed by atoms with Crippen LogP contribution in [0.2, 0.25) is 0 Å². The van der Waals surface area contributed by atoms with E-state index in [-0.39, 0.29) is 11.3 Å². The van der Waals surface area contributed by atoms with Crippen LogP contribution in [0.1, 0.15) is 72.1 Å². The molecule has 0 bridgehead atoms. The third-order valence-electron chi connectivity index (χ3n) is 4.44. The van der Waals surface area contributed by atoms with Crippen molar-refractivity contribution in [2.24, 2.45) is 15.3 Å². The van der Waals surface area contributed by atoms with E-state index in [1.54, 1.807) is 34.3 Å². The van der Waals surface area contributed by atoms with Gasteiger partial charge in [0, 0.05) is 27.9 Å². The number of aliphatic hydroxyl groups is 1. The quantitative estimate of drug-likeness (QED) is 0.0908. The largest absolute Gasteiger partial charge is 0.513 e. The van der Waals surface area contributed by atoms with Gasteiger partial charge in [-0.15, -0.1) is 0 Å². The molecule has 1 aromatic heterocycles. The van der Waals surface area contributed by atoms with Crippen LogP contribution in [0.4, 0.5) is 13.2 Å². The number of halogens is 3. The van der Waals surface area contributed by atoms with Crippen LogP contribution < -0.4 is 10.0 Å². The van der Waals surface area contributed by atoms with Crippen molar-refractivity contribution in [3.8, 4) is 0 Å². The van der Waals surface area contributed by atoms with Crippen LogP contribution in [0.25, 0.3) is 0 Å². The van der Waals surface area contributed by atoms with Gasteiger partial charge < -0.3 is 19.7 Å². The predicted octanol–water partition coefficient (Wildman–Crippen LogP) is 6.62. The number of carbonyl (C=O) groups is 1. The fraction of sp³-hybridized carbons (Fsp3) is 0.536. The smallest absolute Gasteiger partial charge is 0.398 e. The van der Waals surface area contributed by atoms with Gasteiger partial charge in [-0.1, -0.05) is 46.3 Å². The van der Waals surface area contributed by atoms with Crippen LogP contribution in [-0.4, -0.2) is 60.5 Å². The van der Waals surface area contributed by atoms with Crippen LogP contribution >= 0.6 is 0 Å². The van der Waals surface area contributed by atoms with E-state index in [1.165, 1.54) is 43.5 Å². The van der Waals surface area contributed by atoms with Crippen molar-refractivity contribution < 1.29 is 31.7 Å². The topological polar surface area (TPSA) is 120 Å². The van der Waals surface area contributed by atoms with E-state index >= 15 is 0 Å². The minimum Gasteiger partial charge on any atom is -0.513 e. The SMILES string of the molecule is C=NS(=O)NC(C)=NCc1cc(C(C)C)co1.CCC.CN(C)C=O.CN/C=C/C=CC(/C(C)=C(\C)O)C(F)(F)F. The van der Waals surface area contributed by atoms with Crippen LogP contribution in [0.15, 0.2) is 61.9 Å². The molecule has 0 saturated carbocycles. The number of allylic oxidation sites excluding steroid dienone is 5. The van der Waals surface area contributed by atoms with Crippen molar-refractivity contribution in [1.29, 1.82) is 0 Å². The highest BCUT2D eigenvalue weighted by atomic mass is 32.2. The second-order valence-corrected chi connectivity index (χ2v) is 9.94. The second-order valence-electron chi connectivity index (χ2n) is 8.98. The lowest BCUT2D eigenvalue weighted by molar-refractivity contribution is -0.152. The molecule has 2 unspecified atom stereocenters. The first-order valence-corrected chi connectivity index (χ1v) is 13.9. The summed E-state index contributed by atoms with van der Waals surface area (Å²) in [6.45, 7) is 16.3. The van der Waals surface area contributed by atoms with Crippen LogP contribution in [0.5, 0.6) is 0 Å². The molecule has 0 aromatic carbocycles. The number of hydrogen-bond donors (Lipinski definition) is 3. The standard InChI is InChI=1S/C11H16F3NO.C11H17N3O2S.C3H7NO.C3H8/c1-8(9(2)16)10(11(12,13)14)6-4-5-7-15-3;1-8(2)10-5-11(16-7-10)6-13-9(3)14-17(15)12-4;1-4(2)3-5;1-3-2/h4-7,10,15-16H,1-3H3;5,7-8H,4,6H2,1-3H3,(H,13,14);3H,1-2H3;3H2,1-2H3/b6-4?,7-5+,9-8+;;;. The number of aliphatic hydroxyl groups excluding tert-OH is 1. The van der Waals surface area contributed by atoms with Gasteiger partial charge >= 0.3 is 6.18 Å². The highest BCUT2D eigenvalue weighted by Crippen LogP contribution is 2.33. The molecule has 1 amide bonds. The normalized spacial score (nSPS) is 13.5. The summed E-state index contributed by atoms with van der Waals surface area (Å²) in [6.07, 6.45) is 4.61. The summed E-state index contributed by atoms with van der Waals surface area (Å²) < 4.78 is 60.1. The Balaban J connectivity index is -0.000000559. The van der Waals surface area contributed by atoms with Crippen molar-refractivity contribution in [3.63, 3.8) is 0 Å². The number of rotatable bonds is 10. The molecule has 0 radical (unpaired) electrons. The first-order chi connectivity index (χ1) is 19.0. The monoisotopic (exact) mass is 607 g/mol. The van der Waals surface area contributed by atoms with E-state index < -0.39 is 23.3 Å². The Kier molecular flexibility index (Phi) is 25.1. The van der Waals surface area contributed by atoms with E-state index in [1.807, 2.05) is 6.07 Å². The molecule has 236 valence electrons. The first kappa shape index (κ1) is 42.1. The molecular weight excluding hydrogens is 559 g/mol. The van der Waals surface area contributed by atoms with Crippen LogP contribution in [-0.2, 0) is 22.5 Å². The highest BCUT2D eigenvalue weighted by molar-refractivity contribution is 7.82. The van der Waals surface area contributed by atoms with E-state index in [0.29, 0.717) is 18.3 Å². The molecule has 0 aliphatic heterocycles. The minimum absolute atomic E-state index is 0.0957. The number of carbonyl (C=O) groups excluding carboxylic acids is 1. The molecular formula is C28H48F3N5O4S. The number of amides is 1. The molecule has 1 rings (SSSR count). The molecule has 1 heterocycles. The number of aliphatic imine (C=N–C) groups is 1. The third-order valence-corrected chi connectivity index (χ3v) is 5.15. The van der Waals surface area contributed by atoms with Crippen molar-refractivity contribution in [3.05, 3.63) is 59.4 Å². The number of nitrogens with one attached hydrogen (secondary N) is 2. The van der Waals surface area contributed by atoms with E-state index in [2.05, 4.69) is 53.8 Å². The molecule has 9 nitrogen and oxygen atoms in total. The van der Waals surface area contributed by atoms with Gasteiger partial charge in [0.2, 0.25) is 17.6 Å². The minimum atomic E-state index is -4.39. The van der Waals surface area contributed by atoms with Gasteiger partial charge in [-0.25, -0.2) is 4.21 Å². The zero-order chi connectivity index (χ0) is 32.6. The van der Waals surface area contributed by atoms with Crippen molar-refractivity contribution >= 4 is 30.1 Å². The number of alkyl halides is 3. The van der Waals surface area contributed by atoms with Gasteiger partial charge in [-0.05, 0) is 56.2 Å². The van der Waals surface area contributed by atoms with Gasteiger partial charge in [0.05, 0.1) is 24.5 Å². The molecule has 0 aliphatic carbocycles. The maximum atomic E-state index is 12.6. The molecule has 3 N–H and O–H groups in total. The fourth-order valence-corrected chi connectivity index (χ4v) is 2.60. The van der Waals surface area contributed by atoms with Crippen molar-refractivity contribution in [2.75, 3.05) is 21.1 Å². The third kappa shape index (κ3) is 24.2. The Bertz CT molecular complexity index is 997. The number of nitrogens with zero attached hydrogens (tertiary/aromatic N) is 3. The van der Waals surface area contributed by atoms with Crippen molar-refractivity contribution in [2.45, 2.75) is 73.5 Å². The maximum Gasteiger partial charge on any atom is 0.398 e. The van der Waals surface area contributed by atoms with E-state index in [0.717, 1.165) is 23.8 Å². The number of furan rings is 1. The Hall–Kier alpha value is -3.35. The van der Waals surface area contributed by atoms with Crippen LogP contribution in [0, 0.1) is 5.92 Å². The zero-order valence-electron chi connectivity index (χ0n) is 25.9. The summed E-state index contributed by atoms with van der Waals surface area (Å²) in [5, 5.41) is 11.7. The highest BCUT2D eigenvalue weighted by Gasteiger charge is 2.39. The first-order valence-electron chi connectivity index (χ1n) is 12.8. The fourth-order valence-electron chi connectivity index (χ4n) is 2.22. The zero-order valence-corrected chi connectivity index (χ0v) is 26.7. The van der Waals surface area contributed by atoms with Crippen LogP contribution in [0.3, 0.4) is 0 Å². The van der Waals surface area contributed by atoms with Gasteiger partial charge in [-0.2, -0.15) is 17.6 Å². The molecule has 0 aliphatic rings. The van der Waals surface area contributed by atoms with Gasteiger partial charge in [0.25, 0.3) is 0 Å². The number of hydrogen-bond acceptors (Lipinski definition) is 6. The Morgan fingerprint density at radius 2 is 1.76 bits per heavy atom. The molecule has 2 atom stereocenters. The maximum absolute atomic E-state index is 12.6. The molecule has 1 aromatic rings. The lowest BCUT2D eigenvalue weighted by Crippen LogP contribution is -2.22. The van der Waals surface area contributed by atoms with E-state index in [9.17, 15) is 22.2 Å². The lowest BCUT2D eigenvalue weighted by atomic mass is 9.98. The predicted molar refractivity (Wildman–Crippen MR) is 164 cm³/mol. The summed E-state index contributed by atoms with van der Waals surface area (Å²) in [5.41, 5.74) is 1.05. The van der Waals surface area contributed by atoms with Gasteiger partial charge in [0.15, 0.2) is 0 Å². The summed E-state index contributed by atoms with van der Waals surface area (Å²) in [4.78, 5) is 15.1. The molecule has 0 saturated heterocycles. The summed E-state index contributed by atoms with van der Waals surface area (Å²) in [6, 6.07) is 1.98. The second kappa shape index (κ2) is 24.4. The van der Waals surface area contributed by atoms with Gasteiger partial charge in [0.1, 0.15) is 11.6 Å². The summed E-state index contributed by atoms with van der Waals surface area (Å²) in [5.74, 6) is -0.290. The molecule has 13 heteroatoms. The average Bonchev–Trinajstić information content (AvgIpc) is 3.37. The Labute approximate surface area is 246 Å². The Morgan fingerprint density at radius 3 is 2.12 bits per heavy atom.